The lowest BCUT2D eigenvalue weighted by Crippen LogP contribution is -2.24. The smallest absolute Gasteiger partial charge is 0.340 e. The maximum atomic E-state index is 12.9. The van der Waals surface area contributed by atoms with Gasteiger partial charge in [0.05, 0.1) is 18.3 Å². The van der Waals surface area contributed by atoms with Crippen LogP contribution in [0.15, 0.2) is 51.6 Å². The third-order valence-corrected chi connectivity index (χ3v) is 5.55. The van der Waals surface area contributed by atoms with Gasteiger partial charge >= 0.3 is 5.97 Å². The fourth-order valence-electron chi connectivity index (χ4n) is 3.71. The predicted molar refractivity (Wildman–Crippen MR) is 113 cm³/mol. The van der Waals surface area contributed by atoms with Gasteiger partial charge in [0.2, 0.25) is 0 Å². The molecule has 1 amide bonds. The van der Waals surface area contributed by atoms with Gasteiger partial charge in [-0.1, -0.05) is 22.0 Å². The van der Waals surface area contributed by atoms with Gasteiger partial charge in [0.15, 0.2) is 0 Å². The van der Waals surface area contributed by atoms with E-state index in [1.54, 1.807) is 17.9 Å². The molecule has 0 aliphatic carbocycles. The van der Waals surface area contributed by atoms with Gasteiger partial charge in [-0.15, -0.1) is 0 Å². The molecule has 0 radical (unpaired) electrons. The highest BCUT2D eigenvalue weighted by Crippen LogP contribution is 2.33. The fourth-order valence-corrected chi connectivity index (χ4v) is 4.10. The van der Waals surface area contributed by atoms with Gasteiger partial charge in [-0.25, -0.2) is 4.79 Å². The molecular weight excluding hydrogens is 420 g/mol. The summed E-state index contributed by atoms with van der Waals surface area (Å²) in [4.78, 5) is 26.8. The van der Waals surface area contributed by atoms with E-state index in [9.17, 15) is 9.59 Å². The number of nitrogens with zero attached hydrogens (tertiary/aromatic N) is 2. The maximum Gasteiger partial charge on any atom is 0.340 e. The molecule has 0 unspecified atom stereocenters. The van der Waals surface area contributed by atoms with Crippen LogP contribution in [0.1, 0.15) is 30.8 Å². The van der Waals surface area contributed by atoms with Crippen molar-refractivity contribution in [3.63, 3.8) is 0 Å². The molecule has 0 atom stereocenters. The molecule has 0 spiro atoms. The lowest BCUT2D eigenvalue weighted by molar-refractivity contribution is -0.136. The van der Waals surface area contributed by atoms with Crippen LogP contribution in [-0.2, 0) is 14.3 Å². The monoisotopic (exact) mass is 442 g/mol. The lowest BCUT2D eigenvalue weighted by atomic mass is 10.0. The van der Waals surface area contributed by atoms with E-state index in [4.69, 9.17) is 4.74 Å². The molecule has 6 heteroatoms. The number of carbonyl (C=O) groups excluding carboxylic acids is 2. The predicted octanol–water partition coefficient (Wildman–Crippen LogP) is 4.55. The molecule has 28 heavy (non-hydrogen) atoms. The van der Waals surface area contributed by atoms with E-state index in [2.05, 4.69) is 20.5 Å². The van der Waals surface area contributed by atoms with Gasteiger partial charge in [-0.05, 0) is 63.6 Å². The second-order valence-electron chi connectivity index (χ2n) is 6.70. The lowest BCUT2D eigenvalue weighted by Gasteiger charge is -2.14. The number of hydrogen-bond donors (Lipinski definition) is 0. The Morgan fingerprint density at radius 3 is 2.54 bits per heavy atom. The number of likely N-dealkylation sites (N-methyl/N-ethyl adjacent to an activating group) is 1. The Morgan fingerprint density at radius 2 is 1.93 bits per heavy atom. The standard InChI is InChI=1S/C22H23BrN2O3/c1-6-24-15(4)20(22(27)28-5)19(21(24)26)11-16-10-13(2)25(14(16)3)18-9-7-8-17(23)12-18/h7-12H,6H2,1-5H3/b19-11-. The molecule has 1 aliphatic heterocycles. The van der Waals surface area contributed by atoms with Gasteiger partial charge in [0, 0.05) is 33.8 Å². The molecule has 1 aliphatic rings. The molecule has 3 rings (SSSR count). The Bertz CT molecular complexity index is 1030. The van der Waals surface area contributed by atoms with Gasteiger partial charge in [-0.3, -0.25) is 4.79 Å². The third kappa shape index (κ3) is 3.33. The van der Waals surface area contributed by atoms with Crippen molar-refractivity contribution in [2.45, 2.75) is 27.7 Å². The van der Waals surface area contributed by atoms with Crippen LogP contribution in [0.5, 0.6) is 0 Å². The van der Waals surface area contributed by atoms with Crippen molar-refractivity contribution in [2.75, 3.05) is 13.7 Å². The number of aromatic nitrogens is 1. The van der Waals surface area contributed by atoms with Crippen molar-refractivity contribution < 1.29 is 14.3 Å². The number of halogens is 1. The summed E-state index contributed by atoms with van der Waals surface area (Å²) in [6.45, 7) is 8.19. The molecule has 5 nitrogen and oxygen atoms in total. The minimum atomic E-state index is -0.492. The molecule has 0 saturated carbocycles. The van der Waals surface area contributed by atoms with Crippen LogP contribution >= 0.6 is 15.9 Å². The minimum Gasteiger partial charge on any atom is -0.465 e. The molecule has 0 N–H and O–H groups in total. The maximum absolute atomic E-state index is 12.9. The number of benzene rings is 1. The van der Waals surface area contributed by atoms with Crippen LogP contribution in [-0.4, -0.2) is 35.0 Å². The number of methoxy groups -OCH3 is 1. The van der Waals surface area contributed by atoms with E-state index in [0.29, 0.717) is 23.4 Å². The van der Waals surface area contributed by atoms with Crippen LogP contribution in [0.2, 0.25) is 0 Å². The zero-order valence-electron chi connectivity index (χ0n) is 16.7. The van der Waals surface area contributed by atoms with Crippen LogP contribution in [0, 0.1) is 13.8 Å². The number of ether oxygens (including phenoxy) is 1. The van der Waals surface area contributed by atoms with E-state index in [-0.39, 0.29) is 5.91 Å². The summed E-state index contributed by atoms with van der Waals surface area (Å²) >= 11 is 3.51. The van der Waals surface area contributed by atoms with Crippen molar-refractivity contribution in [1.82, 2.24) is 9.47 Å². The van der Waals surface area contributed by atoms with Crippen molar-refractivity contribution >= 4 is 33.9 Å². The zero-order chi connectivity index (χ0) is 20.6. The third-order valence-electron chi connectivity index (χ3n) is 5.05. The molecule has 1 aromatic heterocycles. The van der Waals surface area contributed by atoms with E-state index in [1.807, 2.05) is 51.1 Å². The summed E-state index contributed by atoms with van der Waals surface area (Å²) in [5.41, 5.74) is 5.30. The average Bonchev–Trinajstić information content (AvgIpc) is 3.07. The number of allylic oxidation sites excluding steroid dienone is 1. The highest BCUT2D eigenvalue weighted by Gasteiger charge is 2.36. The van der Waals surface area contributed by atoms with Crippen molar-refractivity contribution in [2.24, 2.45) is 0 Å². The Labute approximate surface area is 173 Å². The Balaban J connectivity index is 2.14. The van der Waals surface area contributed by atoms with Gasteiger partial charge < -0.3 is 14.2 Å². The van der Waals surface area contributed by atoms with Crippen molar-refractivity contribution in [1.29, 1.82) is 0 Å². The van der Waals surface area contributed by atoms with Gasteiger partial charge in [-0.2, -0.15) is 0 Å². The van der Waals surface area contributed by atoms with Crippen LogP contribution in [0.3, 0.4) is 0 Å². The number of carbonyl (C=O) groups is 2. The van der Waals surface area contributed by atoms with Gasteiger partial charge in [0.1, 0.15) is 0 Å². The van der Waals surface area contributed by atoms with Crippen molar-refractivity contribution in [3.8, 4) is 5.69 Å². The summed E-state index contributed by atoms with van der Waals surface area (Å²) in [7, 11) is 1.33. The quantitative estimate of drug-likeness (QED) is 0.515. The highest BCUT2D eigenvalue weighted by molar-refractivity contribution is 9.10. The van der Waals surface area contributed by atoms with Crippen LogP contribution in [0.25, 0.3) is 11.8 Å². The summed E-state index contributed by atoms with van der Waals surface area (Å²) in [5.74, 6) is -0.665. The molecule has 0 fully saturated rings. The Morgan fingerprint density at radius 1 is 1.21 bits per heavy atom. The Kier molecular flexibility index (Phi) is 5.61. The number of amides is 1. The molecule has 2 heterocycles. The Hall–Kier alpha value is -2.60. The first kappa shape index (κ1) is 20.1. The zero-order valence-corrected chi connectivity index (χ0v) is 18.3. The first-order valence-electron chi connectivity index (χ1n) is 9.08. The van der Waals surface area contributed by atoms with E-state index < -0.39 is 5.97 Å². The normalized spacial score (nSPS) is 15.7. The second-order valence-corrected chi connectivity index (χ2v) is 7.62. The summed E-state index contributed by atoms with van der Waals surface area (Å²) in [6, 6.07) is 10.1. The number of aryl methyl sites for hydroxylation is 1. The first-order valence-corrected chi connectivity index (χ1v) is 9.87. The number of hydrogen-bond acceptors (Lipinski definition) is 3. The SMILES string of the molecule is CCN1C(=O)/C(=C\c2cc(C)n(-c3cccc(Br)c3)c2C)C(C(=O)OC)=C1C. The molecule has 0 bridgehead atoms. The van der Waals surface area contributed by atoms with E-state index >= 15 is 0 Å². The second kappa shape index (κ2) is 7.80. The molecule has 146 valence electrons. The fraction of sp³-hybridized carbons (Fsp3) is 0.273. The average molecular weight is 443 g/mol. The van der Waals surface area contributed by atoms with Crippen LogP contribution < -0.4 is 0 Å². The molecule has 1 aromatic carbocycles. The molecule has 0 saturated heterocycles. The van der Waals surface area contributed by atoms with E-state index in [1.165, 1.54) is 7.11 Å². The molecular formula is C22H23BrN2O3. The summed E-state index contributed by atoms with van der Waals surface area (Å²) < 4.78 is 8.05. The summed E-state index contributed by atoms with van der Waals surface area (Å²) in [6.07, 6.45) is 1.80. The molecule has 2 aromatic rings. The topological polar surface area (TPSA) is 51.5 Å². The minimum absolute atomic E-state index is 0.173. The number of rotatable bonds is 4. The van der Waals surface area contributed by atoms with Crippen molar-refractivity contribution in [3.05, 3.63) is 68.6 Å². The van der Waals surface area contributed by atoms with Gasteiger partial charge in [0.25, 0.3) is 5.91 Å². The summed E-state index contributed by atoms with van der Waals surface area (Å²) in [5, 5.41) is 0. The highest BCUT2D eigenvalue weighted by atomic mass is 79.9. The first-order chi connectivity index (χ1) is 13.3. The number of esters is 1. The largest absolute Gasteiger partial charge is 0.465 e. The van der Waals surface area contributed by atoms with E-state index in [0.717, 1.165) is 27.1 Å². The van der Waals surface area contributed by atoms with Crippen LogP contribution in [0.4, 0.5) is 0 Å².